The van der Waals surface area contributed by atoms with Crippen LogP contribution in [-0.2, 0) is 6.61 Å². The van der Waals surface area contributed by atoms with Gasteiger partial charge >= 0.3 is 5.69 Å². The summed E-state index contributed by atoms with van der Waals surface area (Å²) >= 11 is 0. The number of hydrogen-bond acceptors (Lipinski definition) is 7. The Hall–Kier alpha value is -3.03. The van der Waals surface area contributed by atoms with Crippen molar-refractivity contribution < 1.29 is 19.1 Å². The number of hydrogen-bond donors (Lipinski definition) is 1. The zero-order chi connectivity index (χ0) is 14.8. The molecule has 0 radical (unpaired) electrons. The van der Waals surface area contributed by atoms with Crippen LogP contribution in [0.3, 0.4) is 0 Å². The van der Waals surface area contributed by atoms with Crippen molar-refractivity contribution in [3.8, 4) is 17.4 Å². The highest BCUT2D eigenvalue weighted by atomic mass is 16.7. The van der Waals surface area contributed by atoms with Crippen LogP contribution in [0.5, 0.6) is 17.4 Å². The van der Waals surface area contributed by atoms with Crippen LogP contribution in [0, 0.1) is 10.1 Å². The Bertz CT molecular complexity index is 704. The molecule has 1 aliphatic rings. The average molecular weight is 289 g/mol. The van der Waals surface area contributed by atoms with E-state index in [-0.39, 0.29) is 30.8 Å². The zero-order valence-corrected chi connectivity index (χ0v) is 10.8. The van der Waals surface area contributed by atoms with Crippen molar-refractivity contribution >= 4 is 11.5 Å². The van der Waals surface area contributed by atoms with Crippen LogP contribution in [0.15, 0.2) is 30.3 Å². The third-order valence-corrected chi connectivity index (χ3v) is 2.90. The van der Waals surface area contributed by atoms with Gasteiger partial charge in [0.15, 0.2) is 11.5 Å². The molecule has 0 spiro atoms. The van der Waals surface area contributed by atoms with E-state index in [9.17, 15) is 10.1 Å². The summed E-state index contributed by atoms with van der Waals surface area (Å²) in [5, 5.41) is 10.6. The molecule has 0 fully saturated rings. The monoisotopic (exact) mass is 289 g/mol. The molecule has 1 aromatic carbocycles. The topological polar surface area (TPSA) is 110 Å². The molecule has 21 heavy (non-hydrogen) atoms. The number of nitrogen functional groups attached to an aromatic ring is 1. The Morgan fingerprint density at radius 1 is 1.29 bits per heavy atom. The summed E-state index contributed by atoms with van der Waals surface area (Å²) in [6.45, 7) is 0.445. The van der Waals surface area contributed by atoms with Gasteiger partial charge in [-0.25, -0.2) is 0 Å². The lowest BCUT2D eigenvalue weighted by Gasteiger charge is -2.06. The lowest BCUT2D eigenvalue weighted by molar-refractivity contribution is -0.384. The van der Waals surface area contributed by atoms with E-state index in [4.69, 9.17) is 19.9 Å². The molecular weight excluding hydrogens is 278 g/mol. The first-order valence-electron chi connectivity index (χ1n) is 6.06. The predicted octanol–water partition coefficient (Wildman–Crippen LogP) is 1.88. The third kappa shape index (κ3) is 2.64. The van der Waals surface area contributed by atoms with Crippen molar-refractivity contribution in [2.45, 2.75) is 6.61 Å². The van der Waals surface area contributed by atoms with Gasteiger partial charge < -0.3 is 19.9 Å². The van der Waals surface area contributed by atoms with Gasteiger partial charge in [-0.1, -0.05) is 6.07 Å². The molecule has 0 amide bonds. The summed E-state index contributed by atoms with van der Waals surface area (Å²) in [6, 6.07) is 8.09. The average Bonchev–Trinajstić information content (AvgIpc) is 2.92. The number of fused-ring (bicyclic) bond motifs is 1. The van der Waals surface area contributed by atoms with E-state index >= 15 is 0 Å². The van der Waals surface area contributed by atoms with Crippen LogP contribution in [0.1, 0.15) is 5.56 Å². The molecule has 0 saturated heterocycles. The Balaban J connectivity index is 1.70. The van der Waals surface area contributed by atoms with E-state index < -0.39 is 4.92 Å². The van der Waals surface area contributed by atoms with Crippen LogP contribution in [-0.4, -0.2) is 16.7 Å². The van der Waals surface area contributed by atoms with E-state index in [2.05, 4.69) is 4.98 Å². The first kappa shape index (κ1) is 13.0. The number of nitrogens with zero attached hydrogens (tertiary/aromatic N) is 2. The van der Waals surface area contributed by atoms with Gasteiger partial charge in [-0.15, -0.1) is 0 Å². The van der Waals surface area contributed by atoms with Crippen molar-refractivity contribution in [2.75, 3.05) is 12.5 Å². The summed E-state index contributed by atoms with van der Waals surface area (Å²) in [6.07, 6.45) is 0. The molecule has 2 N–H and O–H groups in total. The van der Waals surface area contributed by atoms with Gasteiger partial charge in [0.25, 0.3) is 0 Å². The lowest BCUT2D eigenvalue weighted by atomic mass is 10.2. The Morgan fingerprint density at radius 3 is 2.86 bits per heavy atom. The second-order valence-corrected chi connectivity index (χ2v) is 4.29. The molecule has 0 unspecified atom stereocenters. The number of nitrogens with two attached hydrogens (primary N) is 1. The fourth-order valence-corrected chi connectivity index (χ4v) is 1.87. The maximum atomic E-state index is 10.6. The molecule has 1 aliphatic heterocycles. The molecule has 1 aromatic heterocycles. The predicted molar refractivity (Wildman–Crippen MR) is 72.2 cm³/mol. The third-order valence-electron chi connectivity index (χ3n) is 2.90. The zero-order valence-electron chi connectivity index (χ0n) is 10.8. The fourth-order valence-electron chi connectivity index (χ4n) is 1.87. The van der Waals surface area contributed by atoms with Crippen molar-refractivity contribution in [3.05, 3.63) is 46.0 Å². The minimum Gasteiger partial charge on any atom is -0.473 e. The van der Waals surface area contributed by atoms with Gasteiger partial charge in [0, 0.05) is 12.1 Å². The van der Waals surface area contributed by atoms with Crippen molar-refractivity contribution in [1.82, 2.24) is 4.98 Å². The number of pyridine rings is 1. The van der Waals surface area contributed by atoms with Gasteiger partial charge in [-0.2, -0.15) is 4.98 Å². The Morgan fingerprint density at radius 2 is 2.10 bits per heavy atom. The number of benzene rings is 1. The summed E-state index contributed by atoms with van der Waals surface area (Å²) in [5.41, 5.74) is 6.11. The first-order valence-corrected chi connectivity index (χ1v) is 6.06. The van der Waals surface area contributed by atoms with E-state index in [0.29, 0.717) is 11.5 Å². The summed E-state index contributed by atoms with van der Waals surface area (Å²) in [7, 11) is 0. The smallest absolute Gasteiger partial charge is 0.311 e. The summed E-state index contributed by atoms with van der Waals surface area (Å²) < 4.78 is 15.9. The lowest BCUT2D eigenvalue weighted by Crippen LogP contribution is -2.02. The van der Waals surface area contributed by atoms with Crippen LogP contribution in [0.25, 0.3) is 0 Å². The number of anilines is 1. The molecular formula is C13H11N3O5. The maximum absolute atomic E-state index is 10.6. The van der Waals surface area contributed by atoms with Crippen molar-refractivity contribution in [1.29, 1.82) is 0 Å². The largest absolute Gasteiger partial charge is 0.473 e. The fraction of sp³-hybridized carbons (Fsp3) is 0.154. The molecule has 0 aliphatic carbocycles. The molecule has 0 saturated carbocycles. The van der Waals surface area contributed by atoms with E-state index in [1.165, 1.54) is 12.1 Å². The van der Waals surface area contributed by atoms with Crippen molar-refractivity contribution in [3.63, 3.8) is 0 Å². The standard InChI is InChI=1S/C13H11N3O5/c14-13-9(16(17)18)2-4-12(15-13)19-6-8-1-3-10-11(5-8)21-7-20-10/h1-5H,6-7H2,(H2,14,15). The molecule has 0 bridgehead atoms. The molecule has 8 nitrogen and oxygen atoms in total. The quantitative estimate of drug-likeness (QED) is 0.675. The van der Waals surface area contributed by atoms with Crippen molar-refractivity contribution in [2.24, 2.45) is 0 Å². The summed E-state index contributed by atoms with van der Waals surface area (Å²) in [4.78, 5) is 13.9. The highest BCUT2D eigenvalue weighted by Crippen LogP contribution is 2.32. The first-order chi connectivity index (χ1) is 10.1. The molecule has 108 valence electrons. The van der Waals surface area contributed by atoms with E-state index in [1.54, 1.807) is 12.1 Å². The maximum Gasteiger partial charge on any atom is 0.311 e. The van der Waals surface area contributed by atoms with Gasteiger partial charge in [0.2, 0.25) is 18.5 Å². The van der Waals surface area contributed by atoms with Gasteiger partial charge in [-0.3, -0.25) is 10.1 Å². The molecule has 2 aromatic rings. The second-order valence-electron chi connectivity index (χ2n) is 4.29. The van der Waals surface area contributed by atoms with Crippen LogP contribution in [0.4, 0.5) is 11.5 Å². The number of nitro groups is 1. The second kappa shape index (κ2) is 5.16. The van der Waals surface area contributed by atoms with E-state index in [0.717, 1.165) is 5.56 Å². The highest BCUT2D eigenvalue weighted by Gasteiger charge is 2.15. The molecule has 8 heteroatoms. The van der Waals surface area contributed by atoms with Crippen LogP contribution in [0.2, 0.25) is 0 Å². The minimum absolute atomic E-state index is 0.178. The van der Waals surface area contributed by atoms with Crippen LogP contribution < -0.4 is 19.9 Å². The number of ether oxygens (including phenoxy) is 3. The SMILES string of the molecule is Nc1nc(OCc2ccc3c(c2)OCO3)ccc1[N+](=O)[O-]. The number of aromatic nitrogens is 1. The van der Waals surface area contributed by atoms with Crippen LogP contribution >= 0.6 is 0 Å². The molecule has 3 rings (SSSR count). The number of rotatable bonds is 4. The molecule has 2 heterocycles. The summed E-state index contributed by atoms with van der Waals surface area (Å²) in [5.74, 6) is 1.39. The van der Waals surface area contributed by atoms with Gasteiger partial charge in [0.05, 0.1) is 4.92 Å². The van der Waals surface area contributed by atoms with E-state index in [1.807, 2.05) is 6.07 Å². The van der Waals surface area contributed by atoms with Gasteiger partial charge in [0.1, 0.15) is 6.61 Å². The Labute approximate surface area is 119 Å². The molecule has 0 atom stereocenters. The normalized spacial score (nSPS) is 12.2. The van der Waals surface area contributed by atoms with Gasteiger partial charge in [-0.05, 0) is 17.7 Å². The Kier molecular flexibility index (Phi) is 3.19. The minimum atomic E-state index is -0.593. The highest BCUT2D eigenvalue weighted by molar-refractivity contribution is 5.53.